The zero-order valence-corrected chi connectivity index (χ0v) is 22.0. The number of benzene rings is 3. The summed E-state index contributed by atoms with van der Waals surface area (Å²) in [6.45, 7) is 4.58. The van der Waals surface area contributed by atoms with Gasteiger partial charge in [-0.1, -0.05) is 74.3 Å². The molecule has 3 aromatic rings. The molecule has 3 aromatic carbocycles. The smallest absolute Gasteiger partial charge is 0.262 e. The lowest BCUT2D eigenvalue weighted by Gasteiger charge is -2.15. The Kier molecular flexibility index (Phi) is 9.32. The summed E-state index contributed by atoms with van der Waals surface area (Å²) in [7, 11) is 0. The van der Waals surface area contributed by atoms with Gasteiger partial charge in [-0.3, -0.25) is 4.79 Å². The van der Waals surface area contributed by atoms with E-state index in [0.717, 1.165) is 15.6 Å². The van der Waals surface area contributed by atoms with E-state index < -0.39 is 5.91 Å². The average Bonchev–Trinajstić information content (AvgIpc) is 2.84. The number of carbonyl (C=O) groups excluding carboxylic acids is 1. The van der Waals surface area contributed by atoms with Crippen molar-refractivity contribution < 1.29 is 14.3 Å². The summed E-state index contributed by atoms with van der Waals surface area (Å²) in [4.78, 5) is 12.8. The number of halogens is 2. The van der Waals surface area contributed by atoms with E-state index in [1.165, 1.54) is 6.08 Å². The number of amides is 1. The van der Waals surface area contributed by atoms with Gasteiger partial charge in [0.15, 0.2) is 11.5 Å². The van der Waals surface area contributed by atoms with Crippen molar-refractivity contribution in [1.82, 2.24) is 5.32 Å². The normalized spacial score (nSPS) is 11.9. The summed E-state index contributed by atoms with van der Waals surface area (Å²) in [6, 6.07) is 22.8. The molecule has 0 aliphatic heterocycles. The molecule has 0 aliphatic carbocycles. The number of nitriles is 1. The van der Waals surface area contributed by atoms with Crippen molar-refractivity contribution in [2.24, 2.45) is 0 Å². The Morgan fingerprint density at radius 3 is 2.38 bits per heavy atom. The van der Waals surface area contributed by atoms with Gasteiger partial charge in [-0.05, 0) is 60.9 Å². The lowest BCUT2D eigenvalue weighted by atomic mass is 10.1. The monoisotopic (exact) mass is 582 g/mol. The molecule has 7 heteroatoms. The first-order chi connectivity index (χ1) is 16.4. The zero-order chi connectivity index (χ0) is 24.5. The summed E-state index contributed by atoms with van der Waals surface area (Å²) < 4.78 is 13.4. The fraction of sp³-hybridized carbons (Fsp3) is 0.185. The van der Waals surface area contributed by atoms with Crippen molar-refractivity contribution in [3.63, 3.8) is 0 Å². The molecule has 0 aliphatic rings. The lowest BCUT2D eigenvalue weighted by molar-refractivity contribution is -0.117. The van der Waals surface area contributed by atoms with Gasteiger partial charge in [0.1, 0.15) is 18.2 Å². The highest BCUT2D eigenvalue weighted by molar-refractivity contribution is 9.10. The molecule has 0 saturated carbocycles. The Hall–Kier alpha value is -3.08. The summed E-state index contributed by atoms with van der Waals surface area (Å²) >= 11 is 6.96. The van der Waals surface area contributed by atoms with Gasteiger partial charge in [0.25, 0.3) is 5.91 Å². The molecule has 5 nitrogen and oxygen atoms in total. The molecule has 0 spiro atoms. The maximum absolute atomic E-state index is 12.8. The number of hydrogen-bond acceptors (Lipinski definition) is 4. The quantitative estimate of drug-likeness (QED) is 0.218. The minimum absolute atomic E-state index is 0.00513. The third-order valence-electron chi connectivity index (χ3n) is 4.98. The van der Waals surface area contributed by atoms with Crippen molar-refractivity contribution >= 4 is 43.8 Å². The van der Waals surface area contributed by atoms with Crippen LogP contribution in [0, 0.1) is 11.3 Å². The van der Waals surface area contributed by atoms with Gasteiger partial charge in [0, 0.05) is 8.95 Å². The van der Waals surface area contributed by atoms with Gasteiger partial charge >= 0.3 is 0 Å². The molecule has 174 valence electrons. The van der Waals surface area contributed by atoms with Crippen LogP contribution in [0.2, 0.25) is 0 Å². The van der Waals surface area contributed by atoms with E-state index in [2.05, 4.69) is 37.2 Å². The van der Waals surface area contributed by atoms with Gasteiger partial charge in [-0.25, -0.2) is 0 Å². The highest BCUT2D eigenvalue weighted by Gasteiger charge is 2.16. The van der Waals surface area contributed by atoms with Gasteiger partial charge in [-0.15, -0.1) is 0 Å². The minimum Gasteiger partial charge on any atom is -0.490 e. The molecule has 0 saturated heterocycles. The maximum Gasteiger partial charge on any atom is 0.262 e. The fourth-order valence-corrected chi connectivity index (χ4v) is 3.89. The third-order valence-corrected chi connectivity index (χ3v) is 6.20. The second kappa shape index (κ2) is 12.4. The highest BCUT2D eigenvalue weighted by atomic mass is 79.9. The van der Waals surface area contributed by atoms with E-state index in [0.29, 0.717) is 34.7 Å². The molecule has 0 radical (unpaired) electrons. The summed E-state index contributed by atoms with van der Waals surface area (Å²) in [5.74, 6) is 0.651. The third kappa shape index (κ3) is 6.96. The number of rotatable bonds is 9. The summed E-state index contributed by atoms with van der Waals surface area (Å²) in [5, 5.41) is 12.5. The molecule has 0 unspecified atom stereocenters. The van der Waals surface area contributed by atoms with Crippen LogP contribution in [0.1, 0.15) is 36.6 Å². The van der Waals surface area contributed by atoms with E-state index in [4.69, 9.17) is 9.47 Å². The van der Waals surface area contributed by atoms with E-state index in [1.54, 1.807) is 12.1 Å². The standard InChI is InChI=1S/C27H24Br2N2O3/c1-3-33-25-14-21(24(29)15-26(25)34-17-19-9-11-23(28)12-10-19)13-22(16-30)27(32)31-18(2)20-7-5-4-6-8-20/h4-15,18H,3,17H2,1-2H3,(H,31,32)/b22-13-/t18-/m1/s1. The Labute approximate surface area is 216 Å². The van der Waals surface area contributed by atoms with E-state index >= 15 is 0 Å². The molecule has 0 bridgehead atoms. The number of nitrogens with zero attached hydrogens (tertiary/aromatic N) is 1. The lowest BCUT2D eigenvalue weighted by Crippen LogP contribution is -2.27. The Bertz CT molecular complexity index is 1200. The topological polar surface area (TPSA) is 71.3 Å². The zero-order valence-electron chi connectivity index (χ0n) is 18.8. The average molecular weight is 584 g/mol. The molecule has 1 N–H and O–H groups in total. The summed E-state index contributed by atoms with van der Waals surface area (Å²) in [6.07, 6.45) is 1.54. The molecule has 1 amide bonds. The van der Waals surface area contributed by atoms with Crippen LogP contribution >= 0.6 is 31.9 Å². The summed E-state index contributed by atoms with van der Waals surface area (Å²) in [5.41, 5.74) is 2.61. The molecule has 0 fully saturated rings. The van der Waals surface area contributed by atoms with Crippen LogP contribution in [0.25, 0.3) is 6.08 Å². The second-order valence-corrected chi connectivity index (χ2v) is 9.21. The van der Waals surface area contributed by atoms with Crippen LogP contribution in [0.5, 0.6) is 11.5 Å². The minimum atomic E-state index is -0.445. The molecular formula is C27H24Br2N2O3. The molecular weight excluding hydrogens is 560 g/mol. The maximum atomic E-state index is 12.8. The van der Waals surface area contributed by atoms with Crippen molar-refractivity contribution in [3.05, 3.63) is 97.9 Å². The van der Waals surface area contributed by atoms with Crippen LogP contribution in [-0.2, 0) is 11.4 Å². The van der Waals surface area contributed by atoms with E-state index in [-0.39, 0.29) is 11.6 Å². The second-order valence-electron chi connectivity index (χ2n) is 7.44. The van der Waals surface area contributed by atoms with Crippen LogP contribution in [0.3, 0.4) is 0 Å². The van der Waals surface area contributed by atoms with Crippen LogP contribution in [0.15, 0.2) is 81.2 Å². The first-order valence-corrected chi connectivity index (χ1v) is 12.3. The van der Waals surface area contributed by atoms with E-state index in [1.807, 2.05) is 74.5 Å². The molecule has 34 heavy (non-hydrogen) atoms. The molecule has 0 aromatic heterocycles. The van der Waals surface area contributed by atoms with Gasteiger partial charge in [0.2, 0.25) is 0 Å². The SMILES string of the molecule is CCOc1cc(/C=C(/C#N)C(=O)N[C@H](C)c2ccccc2)c(Br)cc1OCc1ccc(Br)cc1. The van der Waals surface area contributed by atoms with Crippen molar-refractivity contribution in [1.29, 1.82) is 5.26 Å². The van der Waals surface area contributed by atoms with Gasteiger partial charge in [0.05, 0.1) is 12.6 Å². The Morgan fingerprint density at radius 1 is 1.06 bits per heavy atom. The first kappa shape index (κ1) is 25.5. The number of ether oxygens (including phenoxy) is 2. The molecule has 0 heterocycles. The van der Waals surface area contributed by atoms with Gasteiger partial charge in [-0.2, -0.15) is 5.26 Å². The van der Waals surface area contributed by atoms with Crippen molar-refractivity contribution in [2.45, 2.75) is 26.5 Å². The number of nitrogens with one attached hydrogen (secondary N) is 1. The fourth-order valence-electron chi connectivity index (χ4n) is 3.19. The van der Waals surface area contributed by atoms with Crippen LogP contribution in [-0.4, -0.2) is 12.5 Å². The highest BCUT2D eigenvalue weighted by Crippen LogP contribution is 2.35. The van der Waals surface area contributed by atoms with Crippen molar-refractivity contribution in [2.75, 3.05) is 6.61 Å². The van der Waals surface area contributed by atoms with Crippen LogP contribution in [0.4, 0.5) is 0 Å². The number of hydrogen-bond donors (Lipinski definition) is 1. The predicted octanol–water partition coefficient (Wildman–Crippen LogP) is 6.97. The molecule has 1 atom stereocenters. The first-order valence-electron chi connectivity index (χ1n) is 10.7. The largest absolute Gasteiger partial charge is 0.490 e. The predicted molar refractivity (Wildman–Crippen MR) is 140 cm³/mol. The van der Waals surface area contributed by atoms with Crippen molar-refractivity contribution in [3.8, 4) is 17.6 Å². The molecule has 3 rings (SSSR count). The Morgan fingerprint density at radius 2 is 1.74 bits per heavy atom. The van der Waals surface area contributed by atoms with E-state index in [9.17, 15) is 10.1 Å². The van der Waals surface area contributed by atoms with Crippen LogP contribution < -0.4 is 14.8 Å². The Balaban J connectivity index is 1.81. The van der Waals surface area contributed by atoms with Gasteiger partial charge < -0.3 is 14.8 Å². The number of carbonyl (C=O) groups is 1.